The highest BCUT2D eigenvalue weighted by Gasteiger charge is 2.18. The smallest absolute Gasteiger partial charge is 0.255 e. The molecule has 0 bridgehead atoms. The fraction of sp³-hybridized carbons (Fsp3) is 0.235. The van der Waals surface area contributed by atoms with Gasteiger partial charge in [-0.05, 0) is 46.6 Å². The maximum atomic E-state index is 12.7. The minimum Gasteiger partial charge on any atom is -0.497 e. The van der Waals surface area contributed by atoms with Crippen LogP contribution < -0.4 is 4.74 Å². The number of carbonyl (C=O) groups is 1. The monoisotopic (exact) mass is 347 g/mol. The number of ether oxygens (including phenoxy) is 1. The number of nitrogens with zero attached hydrogens (tertiary/aromatic N) is 1. The van der Waals surface area contributed by atoms with E-state index in [9.17, 15) is 4.79 Å². The number of hydrogen-bond donors (Lipinski definition) is 0. The summed E-state index contributed by atoms with van der Waals surface area (Å²) < 4.78 is 5.98. The topological polar surface area (TPSA) is 29.5 Å². The quantitative estimate of drug-likeness (QED) is 0.814. The molecule has 0 aliphatic rings. The molecule has 0 heterocycles. The van der Waals surface area contributed by atoms with Crippen LogP contribution in [0.2, 0.25) is 0 Å². The van der Waals surface area contributed by atoms with E-state index in [2.05, 4.69) is 15.9 Å². The normalized spacial score (nSPS) is 10.2. The SMILES string of the molecule is CCN(Cc1ccccc1)C(=O)c1cc(OC)ccc1Br. The molecule has 0 radical (unpaired) electrons. The minimum atomic E-state index is -0.00729. The Labute approximate surface area is 133 Å². The van der Waals surface area contributed by atoms with Gasteiger partial charge in [-0.25, -0.2) is 0 Å². The van der Waals surface area contributed by atoms with Gasteiger partial charge in [0.05, 0.1) is 12.7 Å². The van der Waals surface area contributed by atoms with E-state index < -0.39 is 0 Å². The Kier molecular flexibility index (Phi) is 5.39. The van der Waals surface area contributed by atoms with Crippen molar-refractivity contribution in [3.8, 4) is 5.75 Å². The first-order chi connectivity index (χ1) is 10.2. The van der Waals surface area contributed by atoms with Crippen LogP contribution in [-0.2, 0) is 6.54 Å². The van der Waals surface area contributed by atoms with Crippen molar-refractivity contribution in [2.24, 2.45) is 0 Å². The molecule has 1 amide bonds. The predicted octanol–water partition coefficient (Wildman–Crippen LogP) is 4.12. The molecular formula is C17H18BrNO2. The van der Waals surface area contributed by atoms with Crippen molar-refractivity contribution >= 4 is 21.8 Å². The van der Waals surface area contributed by atoms with Gasteiger partial charge in [-0.2, -0.15) is 0 Å². The molecule has 0 aliphatic heterocycles. The molecule has 0 saturated heterocycles. The van der Waals surface area contributed by atoms with Crippen molar-refractivity contribution in [3.05, 3.63) is 64.1 Å². The van der Waals surface area contributed by atoms with Crippen molar-refractivity contribution in [2.75, 3.05) is 13.7 Å². The molecule has 0 unspecified atom stereocenters. The Bertz CT molecular complexity index is 613. The average molecular weight is 348 g/mol. The molecule has 3 nitrogen and oxygen atoms in total. The van der Waals surface area contributed by atoms with Crippen LogP contribution in [0.4, 0.5) is 0 Å². The van der Waals surface area contributed by atoms with Gasteiger partial charge >= 0.3 is 0 Å². The Hall–Kier alpha value is -1.81. The molecule has 2 rings (SSSR count). The lowest BCUT2D eigenvalue weighted by Gasteiger charge is -2.22. The molecule has 110 valence electrons. The number of methoxy groups -OCH3 is 1. The first-order valence-electron chi connectivity index (χ1n) is 6.82. The largest absolute Gasteiger partial charge is 0.497 e. The summed E-state index contributed by atoms with van der Waals surface area (Å²) >= 11 is 3.44. The second-order valence-corrected chi connectivity index (χ2v) is 5.51. The Morgan fingerprint density at radius 1 is 1.19 bits per heavy atom. The lowest BCUT2D eigenvalue weighted by Crippen LogP contribution is -2.30. The highest BCUT2D eigenvalue weighted by Crippen LogP contribution is 2.24. The number of halogens is 1. The minimum absolute atomic E-state index is 0.00729. The van der Waals surface area contributed by atoms with E-state index in [0.29, 0.717) is 24.4 Å². The summed E-state index contributed by atoms with van der Waals surface area (Å²) in [5.74, 6) is 0.671. The second-order valence-electron chi connectivity index (χ2n) is 4.65. The van der Waals surface area contributed by atoms with Gasteiger partial charge in [0.2, 0.25) is 0 Å². The van der Waals surface area contributed by atoms with Gasteiger partial charge in [-0.1, -0.05) is 30.3 Å². The van der Waals surface area contributed by atoms with Gasteiger partial charge in [0.15, 0.2) is 0 Å². The van der Waals surface area contributed by atoms with E-state index in [1.807, 2.05) is 54.3 Å². The summed E-state index contributed by atoms with van der Waals surface area (Å²) in [5, 5.41) is 0. The third-order valence-corrected chi connectivity index (χ3v) is 3.98. The first-order valence-corrected chi connectivity index (χ1v) is 7.61. The number of benzene rings is 2. The molecule has 0 aliphatic carbocycles. The van der Waals surface area contributed by atoms with Crippen molar-refractivity contribution in [1.29, 1.82) is 0 Å². The zero-order valence-electron chi connectivity index (χ0n) is 12.2. The van der Waals surface area contributed by atoms with E-state index in [4.69, 9.17) is 4.74 Å². The zero-order chi connectivity index (χ0) is 15.2. The van der Waals surface area contributed by atoms with Crippen LogP contribution in [0.5, 0.6) is 5.75 Å². The standard InChI is InChI=1S/C17H18BrNO2/c1-3-19(12-13-7-5-4-6-8-13)17(20)15-11-14(21-2)9-10-16(15)18/h4-11H,3,12H2,1-2H3. The predicted molar refractivity (Wildman–Crippen MR) is 87.6 cm³/mol. The number of rotatable bonds is 5. The lowest BCUT2D eigenvalue weighted by atomic mass is 10.1. The van der Waals surface area contributed by atoms with Crippen LogP contribution in [0.15, 0.2) is 53.0 Å². The summed E-state index contributed by atoms with van der Waals surface area (Å²) in [7, 11) is 1.60. The summed E-state index contributed by atoms with van der Waals surface area (Å²) in [6.07, 6.45) is 0. The van der Waals surface area contributed by atoms with Gasteiger partial charge in [0, 0.05) is 17.6 Å². The summed E-state index contributed by atoms with van der Waals surface area (Å²) in [6, 6.07) is 15.4. The van der Waals surface area contributed by atoms with Crippen LogP contribution in [0, 0.1) is 0 Å². The van der Waals surface area contributed by atoms with E-state index in [-0.39, 0.29) is 5.91 Å². The van der Waals surface area contributed by atoms with Crippen LogP contribution in [-0.4, -0.2) is 24.5 Å². The Balaban J connectivity index is 2.24. The molecule has 21 heavy (non-hydrogen) atoms. The Morgan fingerprint density at radius 2 is 1.90 bits per heavy atom. The van der Waals surface area contributed by atoms with Crippen LogP contribution in [0.3, 0.4) is 0 Å². The van der Waals surface area contributed by atoms with Gasteiger partial charge in [0.1, 0.15) is 5.75 Å². The average Bonchev–Trinajstić information content (AvgIpc) is 2.53. The fourth-order valence-electron chi connectivity index (χ4n) is 2.10. The Morgan fingerprint density at radius 3 is 2.52 bits per heavy atom. The molecule has 2 aromatic carbocycles. The molecule has 0 fully saturated rings. The number of hydrogen-bond acceptors (Lipinski definition) is 2. The highest BCUT2D eigenvalue weighted by atomic mass is 79.9. The van der Waals surface area contributed by atoms with Crippen molar-refractivity contribution in [2.45, 2.75) is 13.5 Å². The highest BCUT2D eigenvalue weighted by molar-refractivity contribution is 9.10. The molecule has 0 aromatic heterocycles. The maximum Gasteiger partial charge on any atom is 0.255 e. The first kappa shape index (κ1) is 15.6. The van der Waals surface area contributed by atoms with Gasteiger partial charge in [-0.3, -0.25) is 4.79 Å². The van der Waals surface area contributed by atoms with E-state index in [1.54, 1.807) is 13.2 Å². The van der Waals surface area contributed by atoms with Gasteiger partial charge in [0.25, 0.3) is 5.91 Å². The van der Waals surface area contributed by atoms with E-state index in [1.165, 1.54) is 0 Å². The van der Waals surface area contributed by atoms with Crippen LogP contribution >= 0.6 is 15.9 Å². The van der Waals surface area contributed by atoms with Crippen LogP contribution in [0.1, 0.15) is 22.8 Å². The fourth-order valence-corrected chi connectivity index (χ4v) is 2.51. The molecular weight excluding hydrogens is 330 g/mol. The molecule has 2 aromatic rings. The third-order valence-electron chi connectivity index (χ3n) is 3.29. The zero-order valence-corrected chi connectivity index (χ0v) is 13.8. The summed E-state index contributed by atoms with van der Waals surface area (Å²) in [5.41, 5.74) is 1.74. The molecule has 4 heteroatoms. The van der Waals surface area contributed by atoms with Crippen molar-refractivity contribution < 1.29 is 9.53 Å². The number of carbonyl (C=O) groups excluding carboxylic acids is 1. The lowest BCUT2D eigenvalue weighted by molar-refractivity contribution is 0.0751. The van der Waals surface area contributed by atoms with E-state index in [0.717, 1.165) is 10.0 Å². The van der Waals surface area contributed by atoms with Gasteiger partial charge < -0.3 is 9.64 Å². The molecule has 0 N–H and O–H groups in total. The van der Waals surface area contributed by atoms with Gasteiger partial charge in [-0.15, -0.1) is 0 Å². The molecule has 0 saturated carbocycles. The third kappa shape index (κ3) is 3.85. The molecule has 0 atom stereocenters. The second kappa shape index (κ2) is 7.27. The number of amides is 1. The van der Waals surface area contributed by atoms with Crippen LogP contribution in [0.25, 0.3) is 0 Å². The molecule has 0 spiro atoms. The van der Waals surface area contributed by atoms with Crippen molar-refractivity contribution in [3.63, 3.8) is 0 Å². The van der Waals surface area contributed by atoms with Crippen molar-refractivity contribution in [1.82, 2.24) is 4.90 Å². The summed E-state index contributed by atoms with van der Waals surface area (Å²) in [4.78, 5) is 14.5. The van der Waals surface area contributed by atoms with E-state index >= 15 is 0 Å². The summed E-state index contributed by atoms with van der Waals surface area (Å²) in [6.45, 7) is 3.23. The maximum absolute atomic E-state index is 12.7.